The van der Waals surface area contributed by atoms with Crippen molar-refractivity contribution in [2.24, 2.45) is 0 Å². The molecule has 1 aliphatic heterocycles. The summed E-state index contributed by atoms with van der Waals surface area (Å²) in [7, 11) is 0. The van der Waals surface area contributed by atoms with Gasteiger partial charge in [-0.2, -0.15) is 0 Å². The number of aryl methyl sites for hydroxylation is 2. The van der Waals surface area contributed by atoms with Crippen molar-refractivity contribution < 1.29 is 0 Å². The lowest BCUT2D eigenvalue weighted by Gasteiger charge is -2.19. The fourth-order valence-electron chi connectivity index (χ4n) is 2.44. The van der Waals surface area contributed by atoms with Crippen molar-refractivity contribution >= 4 is 0 Å². The maximum Gasteiger partial charge on any atom is 0.128 e. The molecular formula is C15H17N3. The SMILES string of the molecule is Cc1ccc(-c2cc(=N)n3c(n2)CCCC3)cc1. The van der Waals surface area contributed by atoms with Crippen molar-refractivity contribution in [1.82, 2.24) is 9.55 Å². The molecule has 0 fully saturated rings. The molecule has 18 heavy (non-hydrogen) atoms. The summed E-state index contributed by atoms with van der Waals surface area (Å²) in [5, 5.41) is 8.10. The predicted molar refractivity (Wildman–Crippen MR) is 71.2 cm³/mol. The smallest absolute Gasteiger partial charge is 0.128 e. The van der Waals surface area contributed by atoms with Crippen LogP contribution in [0.15, 0.2) is 30.3 Å². The fraction of sp³-hybridized carbons (Fsp3) is 0.333. The Bertz CT molecular complexity index is 623. The molecule has 0 saturated heterocycles. The van der Waals surface area contributed by atoms with Crippen LogP contribution in [0.2, 0.25) is 0 Å². The molecule has 92 valence electrons. The van der Waals surface area contributed by atoms with Gasteiger partial charge >= 0.3 is 0 Å². The minimum Gasteiger partial charge on any atom is -0.315 e. The highest BCUT2D eigenvalue weighted by molar-refractivity contribution is 5.58. The van der Waals surface area contributed by atoms with Crippen LogP contribution in [0, 0.1) is 12.3 Å². The Balaban J connectivity index is 2.11. The second-order valence-corrected chi connectivity index (χ2v) is 4.92. The minimum absolute atomic E-state index is 0.579. The highest BCUT2D eigenvalue weighted by Crippen LogP contribution is 2.18. The third kappa shape index (κ3) is 1.96. The molecule has 3 nitrogen and oxygen atoms in total. The molecule has 0 spiro atoms. The third-order valence-corrected chi connectivity index (χ3v) is 3.50. The third-order valence-electron chi connectivity index (χ3n) is 3.50. The lowest BCUT2D eigenvalue weighted by Crippen LogP contribution is -2.28. The van der Waals surface area contributed by atoms with Gasteiger partial charge in [0, 0.05) is 24.6 Å². The quantitative estimate of drug-likeness (QED) is 0.816. The van der Waals surface area contributed by atoms with Gasteiger partial charge in [-0.15, -0.1) is 0 Å². The molecule has 0 atom stereocenters. The summed E-state index contributed by atoms with van der Waals surface area (Å²) in [6.45, 7) is 3.02. The molecular weight excluding hydrogens is 222 g/mol. The minimum atomic E-state index is 0.579. The van der Waals surface area contributed by atoms with Gasteiger partial charge in [0.1, 0.15) is 11.3 Å². The fourth-order valence-corrected chi connectivity index (χ4v) is 2.44. The van der Waals surface area contributed by atoms with Crippen LogP contribution in [0.1, 0.15) is 24.2 Å². The number of nitrogens with zero attached hydrogens (tertiary/aromatic N) is 2. The standard InChI is InChI=1S/C15H17N3/c1-11-5-7-12(8-6-11)13-10-14(16)18-9-3-2-4-15(18)17-13/h5-8,10,16H,2-4,9H2,1H3. The van der Waals surface area contributed by atoms with E-state index in [1.807, 2.05) is 10.6 Å². The summed E-state index contributed by atoms with van der Waals surface area (Å²) < 4.78 is 2.03. The van der Waals surface area contributed by atoms with Gasteiger partial charge < -0.3 is 4.57 Å². The Labute approximate surface area is 107 Å². The molecule has 0 saturated carbocycles. The lowest BCUT2D eigenvalue weighted by molar-refractivity contribution is 0.489. The summed E-state index contributed by atoms with van der Waals surface area (Å²) >= 11 is 0. The number of hydrogen-bond acceptors (Lipinski definition) is 2. The summed E-state index contributed by atoms with van der Waals surface area (Å²) in [4.78, 5) is 4.72. The number of benzene rings is 1. The molecule has 0 radical (unpaired) electrons. The van der Waals surface area contributed by atoms with Gasteiger partial charge in [0.25, 0.3) is 0 Å². The van der Waals surface area contributed by atoms with E-state index in [0.717, 1.165) is 36.5 Å². The molecule has 0 amide bonds. The van der Waals surface area contributed by atoms with Crippen LogP contribution in [0.25, 0.3) is 11.3 Å². The first kappa shape index (κ1) is 11.2. The van der Waals surface area contributed by atoms with E-state index in [1.165, 1.54) is 12.0 Å². The van der Waals surface area contributed by atoms with Gasteiger partial charge in [-0.25, -0.2) is 4.98 Å². The number of aromatic nitrogens is 2. The molecule has 1 aromatic carbocycles. The largest absolute Gasteiger partial charge is 0.315 e. The van der Waals surface area contributed by atoms with E-state index in [2.05, 4.69) is 31.2 Å². The van der Waals surface area contributed by atoms with Crippen molar-refractivity contribution in [3.8, 4) is 11.3 Å². The van der Waals surface area contributed by atoms with Crippen LogP contribution in [-0.4, -0.2) is 9.55 Å². The molecule has 3 rings (SSSR count). The van der Waals surface area contributed by atoms with E-state index < -0.39 is 0 Å². The van der Waals surface area contributed by atoms with Crippen LogP contribution in [0.3, 0.4) is 0 Å². The molecule has 1 aliphatic rings. The highest BCUT2D eigenvalue weighted by Gasteiger charge is 2.12. The van der Waals surface area contributed by atoms with Crippen molar-refractivity contribution in [2.45, 2.75) is 32.7 Å². The van der Waals surface area contributed by atoms with Crippen LogP contribution < -0.4 is 5.49 Å². The van der Waals surface area contributed by atoms with Crippen LogP contribution in [0.5, 0.6) is 0 Å². The van der Waals surface area contributed by atoms with Crippen molar-refractivity contribution in [1.29, 1.82) is 5.41 Å². The second kappa shape index (κ2) is 4.41. The van der Waals surface area contributed by atoms with E-state index in [0.29, 0.717) is 5.49 Å². The maximum atomic E-state index is 8.10. The Hall–Kier alpha value is -1.90. The highest BCUT2D eigenvalue weighted by atomic mass is 15.1. The molecule has 2 aromatic rings. The molecule has 0 aliphatic carbocycles. The Morgan fingerprint density at radius 1 is 1.17 bits per heavy atom. The average molecular weight is 239 g/mol. The number of nitrogens with one attached hydrogen (secondary N) is 1. The second-order valence-electron chi connectivity index (χ2n) is 4.92. The maximum absolute atomic E-state index is 8.10. The summed E-state index contributed by atoms with van der Waals surface area (Å²) in [6.07, 6.45) is 3.34. The number of fused-ring (bicyclic) bond motifs is 1. The summed E-state index contributed by atoms with van der Waals surface area (Å²) in [6, 6.07) is 10.2. The lowest BCUT2D eigenvalue weighted by atomic mass is 10.1. The Morgan fingerprint density at radius 3 is 2.72 bits per heavy atom. The molecule has 1 aromatic heterocycles. The Morgan fingerprint density at radius 2 is 1.94 bits per heavy atom. The van der Waals surface area contributed by atoms with E-state index in [9.17, 15) is 0 Å². The van der Waals surface area contributed by atoms with E-state index in [1.54, 1.807) is 0 Å². The van der Waals surface area contributed by atoms with E-state index in [4.69, 9.17) is 10.4 Å². The van der Waals surface area contributed by atoms with Gasteiger partial charge in [0.15, 0.2) is 0 Å². The van der Waals surface area contributed by atoms with Crippen molar-refractivity contribution in [3.05, 3.63) is 47.2 Å². The van der Waals surface area contributed by atoms with Crippen molar-refractivity contribution in [2.75, 3.05) is 0 Å². The predicted octanol–water partition coefficient (Wildman–Crippen LogP) is 2.67. The first-order chi connectivity index (χ1) is 8.74. The zero-order chi connectivity index (χ0) is 12.5. The zero-order valence-electron chi connectivity index (χ0n) is 10.6. The van der Waals surface area contributed by atoms with Crippen molar-refractivity contribution in [3.63, 3.8) is 0 Å². The first-order valence-corrected chi connectivity index (χ1v) is 6.46. The van der Waals surface area contributed by atoms with E-state index >= 15 is 0 Å². The first-order valence-electron chi connectivity index (χ1n) is 6.46. The molecule has 2 heterocycles. The number of hydrogen-bond donors (Lipinski definition) is 1. The normalized spacial score (nSPS) is 14.3. The van der Waals surface area contributed by atoms with Gasteiger partial charge in [0.05, 0.1) is 5.69 Å². The van der Waals surface area contributed by atoms with Gasteiger partial charge in [-0.05, 0) is 19.8 Å². The van der Waals surface area contributed by atoms with E-state index in [-0.39, 0.29) is 0 Å². The molecule has 0 unspecified atom stereocenters. The molecule has 0 bridgehead atoms. The zero-order valence-corrected chi connectivity index (χ0v) is 10.6. The van der Waals surface area contributed by atoms with Crippen LogP contribution in [-0.2, 0) is 13.0 Å². The average Bonchev–Trinajstić information content (AvgIpc) is 2.39. The summed E-state index contributed by atoms with van der Waals surface area (Å²) in [5.41, 5.74) is 3.85. The molecule has 3 heteroatoms. The monoisotopic (exact) mass is 239 g/mol. The van der Waals surface area contributed by atoms with Crippen LogP contribution in [0.4, 0.5) is 0 Å². The van der Waals surface area contributed by atoms with Gasteiger partial charge in [-0.3, -0.25) is 5.41 Å². The van der Waals surface area contributed by atoms with Crippen LogP contribution >= 0.6 is 0 Å². The summed E-state index contributed by atoms with van der Waals surface area (Å²) in [5.74, 6) is 1.06. The Kier molecular flexibility index (Phi) is 2.74. The van der Waals surface area contributed by atoms with Gasteiger partial charge in [0.2, 0.25) is 0 Å². The topological polar surface area (TPSA) is 41.7 Å². The molecule has 1 N–H and O–H groups in total. The van der Waals surface area contributed by atoms with Gasteiger partial charge in [-0.1, -0.05) is 29.8 Å². The number of rotatable bonds is 1.